The van der Waals surface area contributed by atoms with Crippen molar-refractivity contribution in [2.24, 2.45) is 0 Å². The molecule has 1 aromatic rings. The molecule has 0 saturated carbocycles. The molecule has 82 valence electrons. The van der Waals surface area contributed by atoms with Crippen LogP contribution in [0, 0.1) is 6.92 Å². The van der Waals surface area contributed by atoms with Crippen molar-refractivity contribution in [2.75, 3.05) is 0 Å². The number of hydrogen-bond donors (Lipinski definition) is 0. The summed E-state index contributed by atoms with van der Waals surface area (Å²) in [6, 6.07) is 5.13. The van der Waals surface area contributed by atoms with Crippen LogP contribution >= 0.6 is 45.2 Å². The van der Waals surface area contributed by atoms with Crippen LogP contribution in [0.2, 0.25) is 0 Å². The average molecular weight is 449 g/mol. The van der Waals surface area contributed by atoms with Gasteiger partial charge in [0.15, 0.2) is 0 Å². The van der Waals surface area contributed by atoms with Crippen LogP contribution in [0.25, 0.3) is 0 Å². The third-order valence-corrected chi connectivity index (χ3v) is 3.68. The van der Waals surface area contributed by atoms with Crippen molar-refractivity contribution in [3.8, 4) is 0 Å². The molecule has 0 N–H and O–H groups in total. The van der Waals surface area contributed by atoms with Gasteiger partial charge in [-0.25, -0.2) is 0 Å². The molecule has 0 aromatic heterocycles. The van der Waals surface area contributed by atoms with Gasteiger partial charge in [-0.2, -0.15) is 0 Å². The fourth-order valence-electron chi connectivity index (χ4n) is 1.14. The zero-order valence-electron chi connectivity index (χ0n) is 7.70. The molecule has 6 heteroatoms. The van der Waals surface area contributed by atoms with E-state index >= 15 is 0 Å². The van der Waals surface area contributed by atoms with Gasteiger partial charge >= 0.3 is 0 Å². The molecule has 0 heterocycles. The summed E-state index contributed by atoms with van der Waals surface area (Å²) in [6.07, 6.45) is 0. The lowest BCUT2D eigenvalue weighted by Crippen LogP contribution is -2.09. The van der Waals surface area contributed by atoms with Gasteiger partial charge in [0.05, 0.1) is 1.93 Å². The predicted octanol–water partition coefficient (Wildman–Crippen LogP) is 2.88. The van der Waals surface area contributed by atoms with Crippen LogP contribution in [0.1, 0.15) is 23.4 Å². The number of benzene rings is 1. The molecule has 1 unspecified atom stereocenters. The number of rotatable bonds is 2. The van der Waals surface area contributed by atoms with Crippen molar-refractivity contribution in [3.63, 3.8) is 0 Å². The van der Waals surface area contributed by atoms with E-state index in [0.29, 0.717) is 0 Å². The molecule has 3 nitrogen and oxygen atoms in total. The highest BCUT2D eigenvalue weighted by atomic mass is 127. The number of hydrogen-bond acceptors (Lipinski definition) is 3. The van der Waals surface area contributed by atoms with E-state index in [4.69, 9.17) is 0 Å². The van der Waals surface area contributed by atoms with E-state index in [2.05, 4.69) is 45.2 Å². The Bertz CT molecular complexity index is 418. The summed E-state index contributed by atoms with van der Waals surface area (Å²) < 4.78 is 21.3. The van der Waals surface area contributed by atoms with Gasteiger partial charge in [-0.05, 0) is 18.6 Å². The molecule has 0 aliphatic heterocycles. The molecule has 0 amide bonds. The van der Waals surface area contributed by atoms with Crippen molar-refractivity contribution in [3.05, 3.63) is 34.9 Å². The van der Waals surface area contributed by atoms with Gasteiger partial charge in [0.1, 0.15) is 0 Å². The molecule has 1 rings (SSSR count). The van der Waals surface area contributed by atoms with Gasteiger partial charge in [-0.1, -0.05) is 62.9 Å². The summed E-state index contributed by atoms with van der Waals surface area (Å²) in [5.74, 6) is 0. The Hall–Kier alpha value is 0.460. The van der Waals surface area contributed by atoms with E-state index in [1.54, 1.807) is 12.1 Å². The lowest BCUT2D eigenvalue weighted by molar-refractivity contribution is 0.107. The third kappa shape index (κ3) is 3.46. The van der Waals surface area contributed by atoms with Crippen molar-refractivity contribution in [2.45, 2.75) is 8.86 Å². The van der Waals surface area contributed by atoms with Crippen LogP contribution in [0.3, 0.4) is 0 Å². The highest BCUT2D eigenvalue weighted by molar-refractivity contribution is 14.2. The Kier molecular flexibility index (Phi) is 5.13. The van der Waals surface area contributed by atoms with Crippen LogP contribution < -0.4 is 0 Å². The minimum atomic E-state index is -2.69. The first-order chi connectivity index (χ1) is 6.93. The molecule has 0 radical (unpaired) electrons. The first kappa shape index (κ1) is 13.5. The molecule has 1 aromatic carbocycles. The van der Waals surface area contributed by atoms with Crippen LogP contribution in [-0.2, 0) is 11.1 Å². The van der Waals surface area contributed by atoms with E-state index in [1.807, 2.05) is 13.0 Å². The van der Waals surface area contributed by atoms with Crippen LogP contribution in [-0.4, -0.2) is 13.9 Å². The first-order valence-corrected chi connectivity index (χ1v) is 7.52. The van der Waals surface area contributed by atoms with Gasteiger partial charge in [-0.15, -0.1) is 0 Å². The largest absolute Gasteiger partial charge is 0.766 e. The second kappa shape index (κ2) is 5.69. The molecule has 0 spiro atoms. The Morgan fingerprint density at radius 1 is 1.47 bits per heavy atom. The van der Waals surface area contributed by atoms with Crippen LogP contribution in [0.4, 0.5) is 0 Å². The maximum atomic E-state index is 11.4. The van der Waals surface area contributed by atoms with Crippen molar-refractivity contribution in [1.82, 2.24) is 0 Å². The lowest BCUT2D eigenvalue weighted by atomic mass is 10.1. The molecule has 0 fully saturated rings. The second-order valence-corrected chi connectivity index (χ2v) is 8.63. The number of halogens is 2. The van der Waals surface area contributed by atoms with E-state index in [1.165, 1.54) is 0 Å². The zero-order valence-corrected chi connectivity index (χ0v) is 12.8. The smallest absolute Gasteiger partial charge is 0.236 e. The van der Waals surface area contributed by atoms with Crippen molar-refractivity contribution >= 4 is 61.4 Å². The number of carbonyl (C=O) groups is 1. The quantitative estimate of drug-likeness (QED) is 0.397. The fourth-order valence-corrected chi connectivity index (χ4v) is 2.53. The normalized spacial score (nSPS) is 12.9. The van der Waals surface area contributed by atoms with Crippen molar-refractivity contribution < 1.29 is 13.6 Å². The van der Waals surface area contributed by atoms with E-state index < -0.39 is 16.2 Å². The molecule has 0 saturated heterocycles. The summed E-state index contributed by atoms with van der Waals surface area (Å²) in [6.45, 7) is 1.90. The first-order valence-electron chi connectivity index (χ1n) is 3.95. The Balaban J connectivity index is 3.29. The Morgan fingerprint density at radius 3 is 2.53 bits per heavy atom. The summed E-state index contributed by atoms with van der Waals surface area (Å²) in [5, 5.41) is -0.844. The van der Waals surface area contributed by atoms with Gasteiger partial charge in [-0.3, -0.25) is 9.00 Å². The highest BCUT2D eigenvalue weighted by Crippen LogP contribution is 2.33. The summed E-state index contributed by atoms with van der Waals surface area (Å²) >= 11 is 1.59. The minimum absolute atomic E-state index is 0.0719. The maximum absolute atomic E-state index is 11.4. The molecule has 0 aliphatic rings. The van der Waals surface area contributed by atoms with Gasteiger partial charge in [0.2, 0.25) is 5.12 Å². The second-order valence-electron chi connectivity index (χ2n) is 2.91. The average Bonchev–Trinajstić information content (AvgIpc) is 2.16. The maximum Gasteiger partial charge on any atom is 0.236 e. The van der Waals surface area contributed by atoms with Gasteiger partial charge in [0, 0.05) is 16.6 Å². The highest BCUT2D eigenvalue weighted by Gasteiger charge is 2.15. The third-order valence-electron chi connectivity index (χ3n) is 1.81. The van der Waals surface area contributed by atoms with Gasteiger partial charge in [0.25, 0.3) is 0 Å². The standard InChI is InChI=1S/C9H8I2O3S/c1-5-2-3-6(9(12)15(13)14)7(4-5)8(10)11/h2-4,8H,1H3,(H,13,14)/p-1. The fraction of sp³-hybridized carbons (Fsp3) is 0.222. The summed E-state index contributed by atoms with van der Waals surface area (Å²) in [4.78, 5) is 11.4. The molecule has 0 aliphatic carbocycles. The SMILES string of the molecule is Cc1ccc(C(=O)S(=O)[O-])c(C(I)I)c1. The summed E-state index contributed by atoms with van der Waals surface area (Å²) in [5.41, 5.74) is 2.03. The minimum Gasteiger partial charge on any atom is -0.766 e. The molecular weight excluding hydrogens is 442 g/mol. The number of alkyl halides is 2. The van der Waals surface area contributed by atoms with E-state index in [9.17, 15) is 13.6 Å². The zero-order chi connectivity index (χ0) is 11.6. The Labute approximate surface area is 118 Å². The molecule has 1 atom stereocenters. The Morgan fingerprint density at radius 2 is 2.07 bits per heavy atom. The lowest BCUT2D eigenvalue weighted by Gasteiger charge is -2.11. The number of aryl methyl sites for hydroxylation is 1. The monoisotopic (exact) mass is 449 g/mol. The predicted molar refractivity (Wildman–Crippen MR) is 75.2 cm³/mol. The van der Waals surface area contributed by atoms with Crippen LogP contribution in [0.5, 0.6) is 0 Å². The summed E-state index contributed by atoms with van der Waals surface area (Å²) in [7, 11) is 0. The number of carbonyl (C=O) groups excluding carboxylic acids is 1. The van der Waals surface area contributed by atoms with E-state index in [0.717, 1.165) is 11.1 Å². The topological polar surface area (TPSA) is 57.2 Å². The van der Waals surface area contributed by atoms with Gasteiger partial charge < -0.3 is 4.55 Å². The van der Waals surface area contributed by atoms with Crippen LogP contribution in [0.15, 0.2) is 18.2 Å². The van der Waals surface area contributed by atoms with E-state index in [-0.39, 0.29) is 7.49 Å². The van der Waals surface area contributed by atoms with Crippen molar-refractivity contribution in [1.29, 1.82) is 0 Å². The molecule has 0 bridgehead atoms. The molecular formula is C9H7I2O3S-. The molecule has 15 heavy (non-hydrogen) atoms.